The molecule has 0 spiro atoms. The summed E-state index contributed by atoms with van der Waals surface area (Å²) in [7, 11) is 0. The summed E-state index contributed by atoms with van der Waals surface area (Å²) in [6.07, 6.45) is 1.03. The van der Waals surface area contributed by atoms with Crippen LogP contribution in [0.3, 0.4) is 0 Å². The normalized spacial score (nSPS) is 11.7. The smallest absolute Gasteiger partial charge is 0.331 e. The summed E-state index contributed by atoms with van der Waals surface area (Å²) in [5, 5.41) is 8.67. The zero-order chi connectivity index (χ0) is 12.5. The molecule has 0 saturated carbocycles. The molecular weight excluding hydrogens is 238 g/mol. The van der Waals surface area contributed by atoms with E-state index in [0.717, 1.165) is 6.08 Å². The Balaban J connectivity index is 3.37. The van der Waals surface area contributed by atoms with E-state index >= 15 is 0 Å². The van der Waals surface area contributed by atoms with E-state index in [1.54, 1.807) is 0 Å². The lowest BCUT2D eigenvalue weighted by molar-refractivity contribution is -0.132. The number of hydrogen-bond acceptors (Lipinski definition) is 1. The van der Waals surface area contributed by atoms with Crippen LogP contribution in [0.4, 0.5) is 8.78 Å². The van der Waals surface area contributed by atoms with Gasteiger partial charge >= 0.3 is 5.97 Å². The van der Waals surface area contributed by atoms with Crippen molar-refractivity contribution in [1.82, 2.24) is 0 Å². The molecule has 1 N–H and O–H groups in total. The first-order chi connectivity index (χ1) is 7.34. The first kappa shape index (κ1) is 12.6. The van der Waals surface area contributed by atoms with Crippen molar-refractivity contribution >= 4 is 23.6 Å². The van der Waals surface area contributed by atoms with Gasteiger partial charge in [-0.3, -0.25) is 0 Å². The van der Waals surface area contributed by atoms with E-state index in [2.05, 4.69) is 0 Å². The Kier molecular flexibility index (Phi) is 3.65. The molecule has 5 heteroatoms. The molecule has 0 unspecified atom stereocenters. The molecule has 1 rings (SSSR count). The molecule has 0 aliphatic carbocycles. The van der Waals surface area contributed by atoms with Crippen LogP contribution >= 0.6 is 11.6 Å². The molecule has 0 atom stereocenters. The summed E-state index contributed by atoms with van der Waals surface area (Å²) in [6.45, 7) is 2.63. The number of carboxylic acids is 1. The number of benzene rings is 1. The van der Waals surface area contributed by atoms with Gasteiger partial charge in [-0.15, -0.1) is 0 Å². The van der Waals surface area contributed by atoms with E-state index in [9.17, 15) is 13.6 Å². The summed E-state index contributed by atoms with van der Waals surface area (Å²) >= 11 is 5.67. The maximum atomic E-state index is 13.4. The van der Waals surface area contributed by atoms with Gasteiger partial charge in [-0.05, 0) is 26.0 Å². The van der Waals surface area contributed by atoms with Gasteiger partial charge in [-0.25, -0.2) is 13.6 Å². The highest BCUT2D eigenvalue weighted by molar-refractivity contribution is 6.31. The Morgan fingerprint density at radius 3 is 2.50 bits per heavy atom. The van der Waals surface area contributed by atoms with Gasteiger partial charge in [-0.2, -0.15) is 0 Å². The van der Waals surface area contributed by atoms with Crippen molar-refractivity contribution in [1.29, 1.82) is 0 Å². The van der Waals surface area contributed by atoms with Crippen molar-refractivity contribution in [3.8, 4) is 0 Å². The van der Waals surface area contributed by atoms with Gasteiger partial charge in [0.2, 0.25) is 0 Å². The minimum absolute atomic E-state index is 0.00398. The SMILES string of the molecule is C/C(=C\c1cc(Cl)c(C)c(F)c1F)C(=O)O. The molecule has 0 amide bonds. The van der Waals surface area contributed by atoms with Crippen LogP contribution in [0.15, 0.2) is 11.6 Å². The van der Waals surface area contributed by atoms with E-state index in [-0.39, 0.29) is 21.7 Å². The predicted octanol–water partition coefficient (Wildman–Crippen LogP) is 3.41. The first-order valence-electron chi connectivity index (χ1n) is 4.40. The summed E-state index contributed by atoms with van der Waals surface area (Å²) in [5.41, 5.74) is -0.268. The van der Waals surface area contributed by atoms with Gasteiger partial charge in [-0.1, -0.05) is 11.6 Å². The van der Waals surface area contributed by atoms with Crippen LogP contribution in [-0.2, 0) is 4.79 Å². The van der Waals surface area contributed by atoms with Gasteiger partial charge < -0.3 is 5.11 Å². The minimum Gasteiger partial charge on any atom is -0.478 e. The number of rotatable bonds is 2. The summed E-state index contributed by atoms with van der Waals surface area (Å²) in [4.78, 5) is 10.5. The molecule has 1 aromatic carbocycles. The number of hydrogen-bond donors (Lipinski definition) is 1. The largest absolute Gasteiger partial charge is 0.478 e. The van der Waals surface area contributed by atoms with Crippen LogP contribution in [0, 0.1) is 18.6 Å². The molecule has 16 heavy (non-hydrogen) atoms. The molecular formula is C11H9ClF2O2. The standard InChI is InChI=1S/C11H9ClF2O2/c1-5(11(15)16)3-7-4-8(12)6(2)9(13)10(7)14/h3-4H,1-2H3,(H,15,16)/b5-3+. The van der Waals surface area contributed by atoms with Crippen LogP contribution in [0.2, 0.25) is 5.02 Å². The number of carbonyl (C=O) groups is 1. The third-order valence-corrected chi connectivity index (χ3v) is 2.52. The van der Waals surface area contributed by atoms with Gasteiger partial charge in [0, 0.05) is 21.7 Å². The van der Waals surface area contributed by atoms with Crippen molar-refractivity contribution in [2.45, 2.75) is 13.8 Å². The highest BCUT2D eigenvalue weighted by Gasteiger charge is 2.14. The number of carboxylic acid groups (broad SMARTS) is 1. The zero-order valence-electron chi connectivity index (χ0n) is 8.64. The third-order valence-electron chi connectivity index (χ3n) is 2.13. The fourth-order valence-corrected chi connectivity index (χ4v) is 1.30. The highest BCUT2D eigenvalue weighted by Crippen LogP contribution is 2.25. The van der Waals surface area contributed by atoms with Crippen LogP contribution in [0.5, 0.6) is 0 Å². The topological polar surface area (TPSA) is 37.3 Å². The first-order valence-corrected chi connectivity index (χ1v) is 4.78. The van der Waals surface area contributed by atoms with Crippen molar-refractivity contribution in [3.05, 3.63) is 39.4 Å². The van der Waals surface area contributed by atoms with E-state index in [1.165, 1.54) is 19.9 Å². The Labute approximate surface area is 96.2 Å². The van der Waals surface area contributed by atoms with Crippen LogP contribution in [-0.4, -0.2) is 11.1 Å². The summed E-state index contributed by atoms with van der Waals surface area (Å²) in [6, 6.07) is 1.20. The van der Waals surface area contributed by atoms with E-state index in [0.29, 0.717) is 0 Å². The summed E-state index contributed by atoms with van der Waals surface area (Å²) in [5.74, 6) is -3.35. The monoisotopic (exact) mass is 246 g/mol. The molecule has 0 heterocycles. The van der Waals surface area contributed by atoms with Gasteiger partial charge in [0.05, 0.1) is 0 Å². The molecule has 1 aromatic rings. The van der Waals surface area contributed by atoms with Crippen LogP contribution in [0.1, 0.15) is 18.1 Å². The molecule has 0 aliphatic heterocycles. The van der Waals surface area contributed by atoms with E-state index in [1.807, 2.05) is 0 Å². The Hall–Kier alpha value is -1.42. The fourth-order valence-electron chi connectivity index (χ4n) is 1.10. The van der Waals surface area contributed by atoms with E-state index < -0.39 is 17.6 Å². The Morgan fingerprint density at radius 2 is 2.00 bits per heavy atom. The molecule has 0 aromatic heterocycles. The Morgan fingerprint density at radius 1 is 1.44 bits per heavy atom. The quantitative estimate of drug-likeness (QED) is 0.641. The van der Waals surface area contributed by atoms with Crippen molar-refractivity contribution in [3.63, 3.8) is 0 Å². The molecule has 86 valence electrons. The molecule has 0 fully saturated rings. The zero-order valence-corrected chi connectivity index (χ0v) is 9.40. The second kappa shape index (κ2) is 4.61. The minimum atomic E-state index is -1.20. The average Bonchev–Trinajstić information content (AvgIpc) is 2.22. The lowest BCUT2D eigenvalue weighted by Crippen LogP contribution is -1.98. The maximum Gasteiger partial charge on any atom is 0.331 e. The van der Waals surface area contributed by atoms with Crippen molar-refractivity contribution < 1.29 is 18.7 Å². The van der Waals surface area contributed by atoms with Gasteiger partial charge in [0.15, 0.2) is 11.6 Å². The average molecular weight is 247 g/mol. The number of aliphatic carboxylic acids is 1. The molecule has 0 radical (unpaired) electrons. The number of halogens is 3. The lowest BCUT2D eigenvalue weighted by Gasteiger charge is -2.05. The summed E-state index contributed by atoms with van der Waals surface area (Å²) < 4.78 is 26.7. The maximum absolute atomic E-state index is 13.4. The second-order valence-electron chi connectivity index (χ2n) is 3.33. The molecule has 2 nitrogen and oxygen atoms in total. The molecule has 0 bridgehead atoms. The second-order valence-corrected chi connectivity index (χ2v) is 3.74. The van der Waals surface area contributed by atoms with Crippen molar-refractivity contribution in [2.75, 3.05) is 0 Å². The Bertz CT molecular complexity index is 481. The van der Waals surface area contributed by atoms with Crippen LogP contribution in [0.25, 0.3) is 6.08 Å². The highest BCUT2D eigenvalue weighted by atomic mass is 35.5. The van der Waals surface area contributed by atoms with Crippen molar-refractivity contribution in [2.24, 2.45) is 0 Å². The third kappa shape index (κ3) is 2.39. The lowest BCUT2D eigenvalue weighted by atomic mass is 10.1. The fraction of sp³-hybridized carbons (Fsp3) is 0.182. The molecule has 0 aliphatic rings. The molecule has 0 saturated heterocycles. The van der Waals surface area contributed by atoms with Crippen LogP contribution < -0.4 is 0 Å². The van der Waals surface area contributed by atoms with Gasteiger partial charge in [0.25, 0.3) is 0 Å². The van der Waals surface area contributed by atoms with Gasteiger partial charge in [0.1, 0.15) is 0 Å². The predicted molar refractivity (Wildman–Crippen MR) is 57.4 cm³/mol. The van der Waals surface area contributed by atoms with E-state index in [4.69, 9.17) is 16.7 Å².